The van der Waals surface area contributed by atoms with Gasteiger partial charge in [-0.15, -0.1) is 0 Å². The van der Waals surface area contributed by atoms with E-state index in [1.165, 1.54) is 0 Å². The van der Waals surface area contributed by atoms with Crippen LogP contribution in [0, 0.1) is 5.41 Å². The van der Waals surface area contributed by atoms with E-state index in [0.717, 1.165) is 17.1 Å². The Kier molecular flexibility index (Phi) is 3.66. The van der Waals surface area contributed by atoms with Crippen LogP contribution in [0.3, 0.4) is 0 Å². The summed E-state index contributed by atoms with van der Waals surface area (Å²) in [5.74, 6) is 0.588. The Hall–Kier alpha value is -2.10. The second kappa shape index (κ2) is 5.12. The van der Waals surface area contributed by atoms with Gasteiger partial charge in [0, 0.05) is 25.2 Å². The average Bonchev–Trinajstić information content (AvgIpc) is 2.71. The highest BCUT2D eigenvalue weighted by atomic mass is 16.2. The molecule has 1 aliphatic heterocycles. The molecule has 1 heterocycles. The van der Waals surface area contributed by atoms with Crippen molar-refractivity contribution in [2.24, 2.45) is 10.4 Å². The number of rotatable bonds is 2. The second-order valence-corrected chi connectivity index (χ2v) is 6.18. The van der Waals surface area contributed by atoms with Crippen LogP contribution in [0.4, 0.5) is 5.69 Å². The molecule has 4 nitrogen and oxygen atoms in total. The van der Waals surface area contributed by atoms with Crippen LogP contribution in [0.2, 0.25) is 0 Å². The summed E-state index contributed by atoms with van der Waals surface area (Å²) in [5, 5.41) is 2.83. The summed E-state index contributed by atoms with van der Waals surface area (Å²) in [5.41, 5.74) is 2.41. The van der Waals surface area contributed by atoms with Crippen LogP contribution in [0.5, 0.6) is 0 Å². The largest absolute Gasteiger partial charge is 0.378 e. The van der Waals surface area contributed by atoms with E-state index in [4.69, 9.17) is 0 Å². The third kappa shape index (κ3) is 3.07. The number of anilines is 1. The average molecular weight is 271 g/mol. The lowest BCUT2D eigenvalue weighted by Gasteiger charge is -2.16. The normalized spacial score (nSPS) is 17.1. The molecule has 1 aromatic rings. The number of hydrogen-bond donors (Lipinski definition) is 1. The lowest BCUT2D eigenvalue weighted by Crippen LogP contribution is -2.34. The van der Waals surface area contributed by atoms with Crippen LogP contribution >= 0.6 is 0 Å². The number of carbonyl (C=O) groups excluding carboxylic acids is 1. The Morgan fingerprint density at radius 3 is 2.20 bits per heavy atom. The van der Waals surface area contributed by atoms with E-state index < -0.39 is 0 Å². The van der Waals surface area contributed by atoms with E-state index in [9.17, 15) is 4.79 Å². The molecule has 2 rings (SSSR count). The van der Waals surface area contributed by atoms with Crippen LogP contribution in [-0.4, -0.2) is 25.8 Å². The van der Waals surface area contributed by atoms with Crippen LogP contribution in [0.25, 0.3) is 6.08 Å². The van der Waals surface area contributed by atoms with Crippen molar-refractivity contribution < 1.29 is 4.79 Å². The van der Waals surface area contributed by atoms with Crippen molar-refractivity contribution in [1.29, 1.82) is 0 Å². The minimum absolute atomic E-state index is 0.133. The maximum atomic E-state index is 11.9. The molecule has 106 valence electrons. The highest BCUT2D eigenvalue weighted by Crippen LogP contribution is 2.22. The minimum atomic E-state index is -0.153. The Bertz CT molecular complexity index is 575. The zero-order chi connectivity index (χ0) is 14.9. The second-order valence-electron chi connectivity index (χ2n) is 6.18. The summed E-state index contributed by atoms with van der Waals surface area (Å²) >= 11 is 0. The van der Waals surface area contributed by atoms with E-state index in [2.05, 4.69) is 10.3 Å². The molecular formula is C16H21N3O. The number of amides is 1. The molecule has 1 aromatic carbocycles. The first-order chi connectivity index (χ1) is 9.27. The Balaban J connectivity index is 2.27. The SMILES string of the molecule is CN(C)c1ccc(/C=C2/N=C(C(C)(C)C)NC2=O)cc1. The lowest BCUT2D eigenvalue weighted by molar-refractivity contribution is -0.115. The first-order valence-electron chi connectivity index (χ1n) is 6.67. The van der Waals surface area contributed by atoms with Crippen LogP contribution in [-0.2, 0) is 4.79 Å². The molecule has 0 aliphatic carbocycles. The van der Waals surface area contributed by atoms with Crippen molar-refractivity contribution in [3.05, 3.63) is 35.5 Å². The predicted octanol–water partition coefficient (Wildman–Crippen LogP) is 2.67. The third-order valence-electron chi connectivity index (χ3n) is 3.12. The van der Waals surface area contributed by atoms with Gasteiger partial charge in [0.15, 0.2) is 0 Å². The predicted molar refractivity (Wildman–Crippen MR) is 83.8 cm³/mol. The van der Waals surface area contributed by atoms with Crippen molar-refractivity contribution in [3.8, 4) is 0 Å². The van der Waals surface area contributed by atoms with Gasteiger partial charge in [-0.3, -0.25) is 4.79 Å². The molecule has 0 saturated carbocycles. The zero-order valence-corrected chi connectivity index (χ0v) is 12.7. The van der Waals surface area contributed by atoms with Gasteiger partial charge in [0.05, 0.1) is 0 Å². The Morgan fingerprint density at radius 1 is 1.15 bits per heavy atom. The zero-order valence-electron chi connectivity index (χ0n) is 12.7. The van der Waals surface area contributed by atoms with Gasteiger partial charge in [0.2, 0.25) is 0 Å². The summed E-state index contributed by atoms with van der Waals surface area (Å²) in [6, 6.07) is 8.02. The van der Waals surface area contributed by atoms with Crippen LogP contribution in [0.15, 0.2) is 35.0 Å². The molecule has 1 amide bonds. The molecule has 0 radical (unpaired) electrons. The Labute approximate surface area is 120 Å². The van der Waals surface area contributed by atoms with Crippen molar-refractivity contribution >= 4 is 23.5 Å². The van der Waals surface area contributed by atoms with Crippen molar-refractivity contribution in [2.75, 3.05) is 19.0 Å². The molecule has 0 bridgehead atoms. The van der Waals surface area contributed by atoms with Crippen LogP contribution in [0.1, 0.15) is 26.3 Å². The van der Waals surface area contributed by atoms with Gasteiger partial charge in [-0.25, -0.2) is 4.99 Å². The first-order valence-corrected chi connectivity index (χ1v) is 6.67. The maximum absolute atomic E-state index is 11.9. The van der Waals surface area contributed by atoms with Crippen molar-refractivity contribution in [2.45, 2.75) is 20.8 Å². The van der Waals surface area contributed by atoms with Crippen molar-refractivity contribution in [1.82, 2.24) is 5.32 Å². The smallest absolute Gasteiger partial charge is 0.275 e. The monoisotopic (exact) mass is 271 g/mol. The number of hydrogen-bond acceptors (Lipinski definition) is 3. The van der Waals surface area contributed by atoms with Gasteiger partial charge < -0.3 is 10.2 Å². The minimum Gasteiger partial charge on any atom is -0.378 e. The molecule has 0 saturated heterocycles. The molecule has 20 heavy (non-hydrogen) atoms. The molecule has 4 heteroatoms. The summed E-state index contributed by atoms with van der Waals surface area (Å²) < 4.78 is 0. The fourth-order valence-corrected chi connectivity index (χ4v) is 1.85. The van der Waals surface area contributed by atoms with Crippen LogP contribution < -0.4 is 10.2 Å². The topological polar surface area (TPSA) is 44.7 Å². The van der Waals surface area contributed by atoms with E-state index in [-0.39, 0.29) is 11.3 Å². The Morgan fingerprint density at radius 2 is 1.75 bits per heavy atom. The summed E-state index contributed by atoms with van der Waals surface area (Å²) in [6.45, 7) is 6.09. The molecule has 1 aliphatic rings. The van der Waals surface area contributed by atoms with E-state index in [0.29, 0.717) is 5.70 Å². The molecule has 0 fully saturated rings. The number of benzene rings is 1. The summed E-state index contributed by atoms with van der Waals surface area (Å²) in [6.07, 6.45) is 1.81. The van der Waals surface area contributed by atoms with E-state index in [1.807, 2.05) is 70.1 Å². The molecule has 0 aromatic heterocycles. The quantitative estimate of drug-likeness (QED) is 0.840. The molecule has 0 spiro atoms. The highest BCUT2D eigenvalue weighted by molar-refractivity contribution is 6.15. The number of amidine groups is 1. The number of nitrogens with zero attached hydrogens (tertiary/aromatic N) is 2. The lowest BCUT2D eigenvalue weighted by atomic mass is 9.95. The number of aliphatic imine (C=N–C) groups is 1. The van der Waals surface area contributed by atoms with Gasteiger partial charge >= 0.3 is 0 Å². The van der Waals surface area contributed by atoms with Gasteiger partial charge in [0.25, 0.3) is 5.91 Å². The number of nitrogens with one attached hydrogen (secondary N) is 1. The van der Waals surface area contributed by atoms with Crippen molar-refractivity contribution in [3.63, 3.8) is 0 Å². The third-order valence-corrected chi connectivity index (χ3v) is 3.12. The first kappa shape index (κ1) is 14.3. The van der Waals surface area contributed by atoms with E-state index in [1.54, 1.807) is 0 Å². The summed E-state index contributed by atoms with van der Waals surface area (Å²) in [7, 11) is 4.00. The number of carbonyl (C=O) groups is 1. The highest BCUT2D eigenvalue weighted by Gasteiger charge is 2.28. The molecule has 0 atom stereocenters. The molecular weight excluding hydrogens is 250 g/mol. The maximum Gasteiger partial charge on any atom is 0.275 e. The van der Waals surface area contributed by atoms with Gasteiger partial charge in [0.1, 0.15) is 11.5 Å². The molecule has 0 unspecified atom stereocenters. The molecule has 1 N–H and O–H groups in total. The van der Waals surface area contributed by atoms with Gasteiger partial charge in [-0.2, -0.15) is 0 Å². The standard InChI is InChI=1S/C16H21N3O/c1-16(2,3)15-17-13(14(20)18-15)10-11-6-8-12(9-7-11)19(4)5/h6-10H,1-5H3,(H,17,18,20)/b13-10+. The fourth-order valence-electron chi connectivity index (χ4n) is 1.85. The van der Waals surface area contributed by atoms with Gasteiger partial charge in [-0.1, -0.05) is 32.9 Å². The summed E-state index contributed by atoms with van der Waals surface area (Å²) in [4.78, 5) is 18.3. The fraction of sp³-hybridized carbons (Fsp3) is 0.375. The van der Waals surface area contributed by atoms with E-state index >= 15 is 0 Å². The van der Waals surface area contributed by atoms with Gasteiger partial charge in [-0.05, 0) is 23.8 Å².